The standard InChI is InChI=1S/C26H28O7S/c1-16-5-7-19(8-6-16)34(29,30)33-24-20(13-18-9-10-26(3,14-18)11-12-27)23(31-4)17(2)21-15-32-25(28)22(21)24/h5-8,12,14H,9-11,13,15H2,1-4H3. The van der Waals surface area contributed by atoms with E-state index in [9.17, 15) is 18.0 Å². The molecule has 2 aromatic carbocycles. The Bertz CT molecular complexity index is 1290. The monoisotopic (exact) mass is 484 g/mol. The molecule has 0 saturated heterocycles. The van der Waals surface area contributed by atoms with E-state index in [4.69, 9.17) is 13.7 Å². The minimum atomic E-state index is -4.23. The summed E-state index contributed by atoms with van der Waals surface area (Å²) in [5, 5.41) is 0. The molecule has 4 rings (SSSR count). The Labute approximate surface area is 199 Å². The van der Waals surface area contributed by atoms with Gasteiger partial charge in [-0.25, -0.2) is 4.79 Å². The van der Waals surface area contributed by atoms with Gasteiger partial charge in [0.2, 0.25) is 0 Å². The molecule has 0 saturated carbocycles. The number of fused-ring (bicyclic) bond motifs is 1. The molecule has 1 aliphatic carbocycles. The molecule has 180 valence electrons. The molecule has 1 unspecified atom stereocenters. The summed E-state index contributed by atoms with van der Waals surface area (Å²) in [6.45, 7) is 5.73. The first kappa shape index (κ1) is 24.0. The van der Waals surface area contributed by atoms with Crippen LogP contribution < -0.4 is 8.92 Å². The predicted molar refractivity (Wildman–Crippen MR) is 126 cm³/mol. The maximum atomic E-state index is 13.2. The first-order valence-electron chi connectivity index (χ1n) is 11.1. The minimum absolute atomic E-state index is 0.0117. The van der Waals surface area contributed by atoms with E-state index in [0.29, 0.717) is 35.3 Å². The van der Waals surface area contributed by atoms with Gasteiger partial charge in [-0.15, -0.1) is 0 Å². The van der Waals surface area contributed by atoms with Gasteiger partial charge in [-0.1, -0.05) is 36.3 Å². The van der Waals surface area contributed by atoms with E-state index in [1.54, 1.807) is 12.1 Å². The van der Waals surface area contributed by atoms with Crippen molar-refractivity contribution in [2.45, 2.75) is 58.0 Å². The van der Waals surface area contributed by atoms with Gasteiger partial charge in [0.25, 0.3) is 0 Å². The zero-order valence-electron chi connectivity index (χ0n) is 19.8. The first-order valence-corrected chi connectivity index (χ1v) is 12.5. The highest BCUT2D eigenvalue weighted by molar-refractivity contribution is 7.87. The molecule has 1 atom stereocenters. The summed E-state index contributed by atoms with van der Waals surface area (Å²) in [5.74, 6) is -0.205. The number of methoxy groups -OCH3 is 1. The van der Waals surface area contributed by atoms with Crippen LogP contribution >= 0.6 is 0 Å². The van der Waals surface area contributed by atoms with Crippen molar-refractivity contribution >= 4 is 22.4 Å². The number of aryl methyl sites for hydroxylation is 1. The van der Waals surface area contributed by atoms with Gasteiger partial charge in [0.1, 0.15) is 29.1 Å². The number of carbonyl (C=O) groups is 2. The van der Waals surface area contributed by atoms with Gasteiger partial charge >= 0.3 is 16.1 Å². The van der Waals surface area contributed by atoms with Crippen LogP contribution in [0.25, 0.3) is 0 Å². The summed E-state index contributed by atoms with van der Waals surface area (Å²) < 4.78 is 43.1. The molecular formula is C26H28O7S. The van der Waals surface area contributed by atoms with Crippen LogP contribution in [-0.2, 0) is 32.7 Å². The maximum absolute atomic E-state index is 13.2. The molecule has 1 aliphatic heterocycles. The van der Waals surface area contributed by atoms with Gasteiger partial charge in [-0.05, 0) is 49.8 Å². The summed E-state index contributed by atoms with van der Waals surface area (Å²) in [4.78, 5) is 23.8. The topological polar surface area (TPSA) is 96.0 Å². The predicted octanol–water partition coefficient (Wildman–Crippen LogP) is 4.61. The second-order valence-electron chi connectivity index (χ2n) is 9.25. The van der Waals surface area contributed by atoms with Crippen molar-refractivity contribution < 1.29 is 31.7 Å². The second-order valence-corrected chi connectivity index (χ2v) is 10.8. The van der Waals surface area contributed by atoms with E-state index in [-0.39, 0.29) is 28.2 Å². The van der Waals surface area contributed by atoms with E-state index in [1.807, 2.05) is 20.8 Å². The summed E-state index contributed by atoms with van der Waals surface area (Å²) in [6, 6.07) is 6.31. The van der Waals surface area contributed by atoms with E-state index >= 15 is 0 Å². The van der Waals surface area contributed by atoms with Gasteiger partial charge in [0, 0.05) is 24.0 Å². The fourth-order valence-electron chi connectivity index (χ4n) is 4.74. The van der Waals surface area contributed by atoms with Crippen LogP contribution in [0, 0.1) is 19.3 Å². The second kappa shape index (κ2) is 8.91. The number of esters is 1. The third-order valence-corrected chi connectivity index (χ3v) is 7.89. The molecule has 0 radical (unpaired) electrons. The van der Waals surface area contributed by atoms with Crippen LogP contribution in [0.5, 0.6) is 11.5 Å². The zero-order chi connectivity index (χ0) is 24.7. The van der Waals surface area contributed by atoms with E-state index in [1.165, 1.54) is 19.2 Å². The first-order chi connectivity index (χ1) is 16.1. The molecule has 7 nitrogen and oxygen atoms in total. The van der Waals surface area contributed by atoms with Crippen LogP contribution in [0.2, 0.25) is 0 Å². The highest BCUT2D eigenvalue weighted by Crippen LogP contribution is 2.46. The quantitative estimate of drug-likeness (QED) is 0.234. The molecule has 0 aromatic heterocycles. The summed E-state index contributed by atoms with van der Waals surface area (Å²) in [6.07, 6.45) is 5.29. The molecule has 0 N–H and O–H groups in total. The molecule has 2 aromatic rings. The smallest absolute Gasteiger partial charge is 0.342 e. The number of carbonyl (C=O) groups excluding carboxylic acids is 2. The molecule has 8 heteroatoms. The average molecular weight is 485 g/mol. The average Bonchev–Trinajstić information content (AvgIpc) is 3.34. The Balaban J connectivity index is 1.86. The minimum Gasteiger partial charge on any atom is -0.496 e. The number of hydrogen-bond donors (Lipinski definition) is 0. The van der Waals surface area contributed by atoms with Crippen LogP contribution in [0.1, 0.15) is 58.8 Å². The van der Waals surface area contributed by atoms with E-state index in [2.05, 4.69) is 6.08 Å². The van der Waals surface area contributed by atoms with Gasteiger partial charge in [-0.3, -0.25) is 0 Å². The molecule has 1 heterocycles. The number of hydrogen-bond acceptors (Lipinski definition) is 7. The molecule has 0 fully saturated rings. The SMILES string of the molecule is COc1c(C)c2c(c(OS(=O)(=O)c3ccc(C)cc3)c1CC1=CC(C)(CC=O)CC1)C(=O)OC2. The van der Waals surface area contributed by atoms with Crippen molar-refractivity contribution in [2.75, 3.05) is 7.11 Å². The largest absolute Gasteiger partial charge is 0.496 e. The van der Waals surface area contributed by atoms with Crippen molar-refractivity contribution in [1.29, 1.82) is 0 Å². The number of rotatable bonds is 8. The number of allylic oxidation sites excluding steroid dienone is 2. The lowest BCUT2D eigenvalue weighted by Gasteiger charge is -2.20. The number of cyclic esters (lactones) is 1. The van der Waals surface area contributed by atoms with Crippen molar-refractivity contribution in [3.63, 3.8) is 0 Å². The van der Waals surface area contributed by atoms with Gasteiger partial charge in [0.15, 0.2) is 5.75 Å². The van der Waals surface area contributed by atoms with Gasteiger partial charge in [-0.2, -0.15) is 8.42 Å². The number of benzene rings is 2. The molecule has 2 aliphatic rings. The highest BCUT2D eigenvalue weighted by atomic mass is 32.2. The molecule has 0 amide bonds. The fourth-order valence-corrected chi connectivity index (χ4v) is 5.71. The Morgan fingerprint density at radius 3 is 2.50 bits per heavy atom. The maximum Gasteiger partial charge on any atom is 0.342 e. The summed E-state index contributed by atoms with van der Waals surface area (Å²) >= 11 is 0. The number of ether oxygens (including phenoxy) is 2. The van der Waals surface area contributed by atoms with E-state index < -0.39 is 16.1 Å². The van der Waals surface area contributed by atoms with Crippen LogP contribution in [0.4, 0.5) is 0 Å². The Morgan fingerprint density at radius 1 is 1.15 bits per heavy atom. The summed E-state index contributed by atoms with van der Waals surface area (Å²) in [5.41, 5.74) is 3.58. The molecule has 0 bridgehead atoms. The highest BCUT2D eigenvalue weighted by Gasteiger charge is 2.37. The van der Waals surface area contributed by atoms with E-state index in [0.717, 1.165) is 30.3 Å². The van der Waals surface area contributed by atoms with Crippen LogP contribution in [0.3, 0.4) is 0 Å². The van der Waals surface area contributed by atoms with Crippen LogP contribution in [-0.4, -0.2) is 27.8 Å². The molecular weight excluding hydrogens is 456 g/mol. The molecule has 34 heavy (non-hydrogen) atoms. The Kier molecular flexibility index (Phi) is 6.29. The Hall–Kier alpha value is -3.13. The normalized spacial score (nSPS) is 19.4. The Morgan fingerprint density at radius 2 is 1.85 bits per heavy atom. The summed E-state index contributed by atoms with van der Waals surface area (Å²) in [7, 11) is -2.72. The van der Waals surface area contributed by atoms with Crippen molar-refractivity contribution in [1.82, 2.24) is 0 Å². The lowest BCUT2D eigenvalue weighted by Crippen LogP contribution is -2.15. The molecule has 0 spiro atoms. The zero-order valence-corrected chi connectivity index (χ0v) is 20.6. The van der Waals surface area contributed by atoms with Gasteiger partial charge in [0.05, 0.1) is 7.11 Å². The van der Waals surface area contributed by atoms with Crippen molar-refractivity contribution in [2.24, 2.45) is 5.41 Å². The van der Waals surface area contributed by atoms with Gasteiger partial charge < -0.3 is 18.5 Å². The third-order valence-electron chi connectivity index (χ3n) is 6.65. The van der Waals surface area contributed by atoms with Crippen molar-refractivity contribution in [3.05, 3.63) is 63.7 Å². The third kappa shape index (κ3) is 4.34. The fraction of sp³-hybridized carbons (Fsp3) is 0.385. The lowest BCUT2D eigenvalue weighted by atomic mass is 9.87. The lowest BCUT2D eigenvalue weighted by molar-refractivity contribution is -0.109. The van der Waals surface area contributed by atoms with Crippen LogP contribution in [0.15, 0.2) is 40.8 Å². The number of aldehydes is 1. The van der Waals surface area contributed by atoms with Crippen molar-refractivity contribution in [3.8, 4) is 11.5 Å².